The van der Waals surface area contributed by atoms with Crippen LogP contribution in [0.2, 0.25) is 5.02 Å². The topological polar surface area (TPSA) is 146 Å². The molecule has 3 aliphatic rings. The minimum absolute atomic E-state index is 0.0240. The maximum Gasteiger partial charge on any atom is 0.289 e. The number of halogens is 2. The monoisotopic (exact) mass is 709 g/mol. The summed E-state index contributed by atoms with van der Waals surface area (Å²) in [5.74, 6) is -3.60. The Balaban J connectivity index is 1.43. The van der Waals surface area contributed by atoms with E-state index in [2.05, 4.69) is 21.4 Å². The second kappa shape index (κ2) is 14.9. The molecule has 0 unspecified atom stereocenters. The lowest BCUT2D eigenvalue weighted by Gasteiger charge is -2.35. The van der Waals surface area contributed by atoms with Gasteiger partial charge in [-0.1, -0.05) is 63.9 Å². The first-order valence-corrected chi connectivity index (χ1v) is 17.4. The van der Waals surface area contributed by atoms with Crippen molar-refractivity contribution in [2.24, 2.45) is 5.41 Å². The molecule has 4 atom stereocenters. The molecule has 2 aliphatic heterocycles. The Morgan fingerprint density at radius 1 is 1.10 bits per heavy atom. The molecule has 2 heterocycles. The Bertz CT molecular complexity index is 1710. The first-order valence-electron chi connectivity index (χ1n) is 17.0. The van der Waals surface area contributed by atoms with Gasteiger partial charge in [0.15, 0.2) is 0 Å². The summed E-state index contributed by atoms with van der Waals surface area (Å²) in [6.45, 7) is 8.94. The zero-order valence-electron chi connectivity index (χ0n) is 29.0. The summed E-state index contributed by atoms with van der Waals surface area (Å²) < 4.78 is 14.0. The third kappa shape index (κ3) is 8.70. The summed E-state index contributed by atoms with van der Waals surface area (Å²) in [4.78, 5) is 75.4. The molecule has 0 bridgehead atoms. The lowest BCUT2D eigenvalue weighted by molar-refractivity contribution is -0.145. The number of hydrogen-bond donors (Lipinski definition) is 4. The second-order valence-electron chi connectivity index (χ2n) is 14.6. The molecule has 2 fully saturated rings. The van der Waals surface area contributed by atoms with Crippen LogP contribution in [0, 0.1) is 18.2 Å². The molecule has 2 aromatic rings. The lowest BCUT2D eigenvalue weighted by atomic mass is 9.85. The van der Waals surface area contributed by atoms with E-state index in [4.69, 9.17) is 16.4 Å². The number of carbonyl (C=O) groups excluding carboxylic acids is 5. The van der Waals surface area contributed by atoms with Gasteiger partial charge in [-0.2, -0.15) is 0 Å². The SMILES string of the molecule is CCC[C@H](NC(=O)[C@@H]1C[C@]2(C=C(c3cccc(Cl)c3)NO2)CN1C(=O)[C@@H](NC(=O)Cc1cc(F)ccc1C)C(C)(C)C)C(=O)C(=O)NC1CC1. The number of hydroxylamine groups is 1. The van der Waals surface area contributed by atoms with Crippen molar-refractivity contribution in [2.45, 2.75) is 103 Å². The standard InChI is InChI=1S/C37H45ClFN5O6/c1-6-8-27(31(46)34(48)40-26-13-14-26)41-33(47)29-19-37(18-28(43-50-37)22-9-7-10-24(38)15-22)20-44(29)35(49)32(36(3,4)5)42-30(45)17-23-16-25(39)12-11-21(23)2/h7,9-12,15-16,18,26-27,29,32,43H,6,8,13-14,17,19-20H2,1-5H3,(H,40,48)(H,41,47)(H,42,45)/t27-,29-,32+,37+/m0/s1. The fourth-order valence-electron chi connectivity index (χ4n) is 6.32. The number of aryl methyl sites for hydroxylation is 1. The number of Topliss-reactive ketones (excluding diaryl/α,β-unsaturated/α-hetero) is 1. The highest BCUT2D eigenvalue weighted by Crippen LogP contribution is 2.39. The summed E-state index contributed by atoms with van der Waals surface area (Å²) in [6, 6.07) is 7.99. The van der Waals surface area contributed by atoms with Crippen LogP contribution in [-0.2, 0) is 35.2 Å². The minimum atomic E-state index is -1.14. The molecule has 1 spiro atoms. The van der Waals surface area contributed by atoms with Gasteiger partial charge in [-0.25, -0.2) is 4.39 Å². The van der Waals surface area contributed by atoms with Crippen molar-refractivity contribution in [1.29, 1.82) is 0 Å². The molecule has 4 amide bonds. The van der Waals surface area contributed by atoms with Gasteiger partial charge in [-0.15, -0.1) is 0 Å². The van der Waals surface area contributed by atoms with Gasteiger partial charge in [0.2, 0.25) is 23.5 Å². The summed E-state index contributed by atoms with van der Waals surface area (Å²) >= 11 is 6.23. The smallest absolute Gasteiger partial charge is 0.289 e. The lowest BCUT2D eigenvalue weighted by Crippen LogP contribution is -2.59. The molecule has 5 rings (SSSR count). The molecule has 0 radical (unpaired) electrons. The van der Waals surface area contributed by atoms with E-state index in [0.717, 1.165) is 24.0 Å². The maximum atomic E-state index is 14.6. The Labute approximate surface area is 296 Å². The van der Waals surface area contributed by atoms with Crippen LogP contribution >= 0.6 is 11.6 Å². The number of amides is 4. The first kappa shape index (κ1) is 37.0. The summed E-state index contributed by atoms with van der Waals surface area (Å²) in [6.07, 6.45) is 4.03. The van der Waals surface area contributed by atoms with Gasteiger partial charge in [-0.3, -0.25) is 34.3 Å². The Hall–Kier alpha value is -4.29. The van der Waals surface area contributed by atoms with Crippen LogP contribution in [0.15, 0.2) is 48.5 Å². The predicted octanol–water partition coefficient (Wildman–Crippen LogP) is 3.91. The third-order valence-corrected chi connectivity index (χ3v) is 9.51. The van der Waals surface area contributed by atoms with E-state index >= 15 is 0 Å². The van der Waals surface area contributed by atoms with Crippen LogP contribution in [0.25, 0.3) is 5.70 Å². The van der Waals surface area contributed by atoms with Crippen LogP contribution < -0.4 is 21.4 Å². The number of rotatable bonds is 12. The van der Waals surface area contributed by atoms with E-state index in [9.17, 15) is 28.4 Å². The van der Waals surface area contributed by atoms with Crippen molar-refractivity contribution in [1.82, 2.24) is 26.3 Å². The van der Waals surface area contributed by atoms with E-state index < -0.39 is 64.4 Å². The zero-order chi connectivity index (χ0) is 36.4. The van der Waals surface area contributed by atoms with E-state index in [1.54, 1.807) is 58.0 Å². The Morgan fingerprint density at radius 2 is 1.84 bits per heavy atom. The molecule has 1 saturated heterocycles. The third-order valence-electron chi connectivity index (χ3n) is 9.27. The normalized spacial score (nSPS) is 21.2. The minimum Gasteiger partial charge on any atom is -0.347 e. The molecular weight excluding hydrogens is 665 g/mol. The molecule has 13 heteroatoms. The number of carbonyl (C=O) groups is 5. The van der Waals surface area contributed by atoms with Crippen LogP contribution in [0.4, 0.5) is 4.39 Å². The number of benzene rings is 2. The van der Waals surface area contributed by atoms with E-state index in [1.807, 2.05) is 13.0 Å². The van der Waals surface area contributed by atoms with Crippen molar-refractivity contribution in [3.05, 3.63) is 76.1 Å². The highest BCUT2D eigenvalue weighted by atomic mass is 35.5. The summed E-state index contributed by atoms with van der Waals surface area (Å²) in [5, 5.41) is 8.81. The van der Waals surface area contributed by atoms with Gasteiger partial charge in [0.1, 0.15) is 23.5 Å². The van der Waals surface area contributed by atoms with Crippen LogP contribution in [-0.4, -0.2) is 70.6 Å². The van der Waals surface area contributed by atoms with Gasteiger partial charge in [0.25, 0.3) is 5.91 Å². The van der Waals surface area contributed by atoms with E-state index in [-0.39, 0.29) is 31.8 Å². The van der Waals surface area contributed by atoms with Crippen LogP contribution in [0.5, 0.6) is 0 Å². The van der Waals surface area contributed by atoms with Crippen molar-refractivity contribution in [3.63, 3.8) is 0 Å². The van der Waals surface area contributed by atoms with Crippen LogP contribution in [0.3, 0.4) is 0 Å². The second-order valence-corrected chi connectivity index (χ2v) is 15.0. The summed E-state index contributed by atoms with van der Waals surface area (Å²) in [5.41, 5.74) is 3.53. The maximum absolute atomic E-state index is 14.6. The number of ketones is 1. The molecule has 0 aromatic heterocycles. The zero-order valence-corrected chi connectivity index (χ0v) is 29.8. The van der Waals surface area contributed by atoms with Gasteiger partial charge >= 0.3 is 0 Å². The largest absolute Gasteiger partial charge is 0.347 e. The molecule has 1 aliphatic carbocycles. The number of hydrogen-bond acceptors (Lipinski definition) is 7. The van der Waals surface area contributed by atoms with Gasteiger partial charge < -0.3 is 20.9 Å². The van der Waals surface area contributed by atoms with E-state index in [1.165, 1.54) is 17.0 Å². The number of nitrogens with one attached hydrogen (secondary N) is 4. The average molecular weight is 710 g/mol. The first-order chi connectivity index (χ1) is 23.6. The van der Waals surface area contributed by atoms with Crippen LogP contribution in [0.1, 0.15) is 76.5 Å². The van der Waals surface area contributed by atoms with Gasteiger partial charge in [0, 0.05) is 23.0 Å². The number of likely N-dealkylation sites (tertiary alicyclic amines) is 1. The quantitative estimate of drug-likeness (QED) is 0.245. The fourth-order valence-corrected chi connectivity index (χ4v) is 6.51. The highest BCUT2D eigenvalue weighted by Gasteiger charge is 2.54. The molecule has 11 nitrogen and oxygen atoms in total. The van der Waals surface area contributed by atoms with Crippen molar-refractivity contribution >= 4 is 46.7 Å². The predicted molar refractivity (Wildman–Crippen MR) is 186 cm³/mol. The van der Waals surface area contributed by atoms with Crippen molar-refractivity contribution < 1.29 is 33.2 Å². The Kier molecular flexibility index (Phi) is 11.0. The van der Waals surface area contributed by atoms with Crippen molar-refractivity contribution in [3.8, 4) is 0 Å². The molecule has 1 saturated carbocycles. The van der Waals surface area contributed by atoms with Crippen molar-refractivity contribution in [2.75, 3.05) is 6.54 Å². The molecular formula is C37H45ClFN5O6. The highest BCUT2D eigenvalue weighted by molar-refractivity contribution is 6.38. The van der Waals surface area contributed by atoms with Gasteiger partial charge in [0.05, 0.1) is 24.7 Å². The van der Waals surface area contributed by atoms with E-state index in [0.29, 0.717) is 22.7 Å². The fraction of sp³-hybridized carbons (Fsp3) is 0.486. The summed E-state index contributed by atoms with van der Waals surface area (Å²) in [7, 11) is 0. The number of nitrogens with zero attached hydrogens (tertiary/aromatic N) is 1. The van der Waals surface area contributed by atoms with Gasteiger partial charge in [-0.05, 0) is 73.1 Å². The molecule has 268 valence electrons. The molecule has 4 N–H and O–H groups in total. The molecule has 50 heavy (non-hydrogen) atoms. The molecule has 2 aromatic carbocycles. The average Bonchev–Trinajstić information content (AvgIpc) is 3.65. The Morgan fingerprint density at radius 3 is 2.50 bits per heavy atom.